The van der Waals surface area contributed by atoms with Crippen molar-refractivity contribution in [2.24, 2.45) is 5.92 Å². The highest BCUT2D eigenvalue weighted by Crippen LogP contribution is 2.37. The van der Waals surface area contributed by atoms with E-state index < -0.39 is 5.91 Å². The first kappa shape index (κ1) is 18.9. The molecule has 2 aromatic rings. The average molecular weight is 365 g/mol. The summed E-state index contributed by atoms with van der Waals surface area (Å²) in [7, 11) is 1.48. The standard InChI is InChI=1S/C18H21ClN2O4/c1-11(2)6-8-25-16-13(19)9-12(10-15(16)24-3)18(23)21-17-14(22)5-4-7-20-17/h4-5,7,9-11,22H,6,8H2,1-3H3,(H,20,21,23). The lowest BCUT2D eigenvalue weighted by molar-refractivity contribution is 0.102. The lowest BCUT2D eigenvalue weighted by Gasteiger charge is -2.15. The van der Waals surface area contributed by atoms with Gasteiger partial charge in [0.25, 0.3) is 5.91 Å². The van der Waals surface area contributed by atoms with E-state index in [2.05, 4.69) is 24.1 Å². The SMILES string of the molecule is COc1cc(C(=O)Nc2ncccc2O)cc(Cl)c1OCCC(C)C. The summed E-state index contributed by atoms with van der Waals surface area (Å²) in [6.07, 6.45) is 2.34. The lowest BCUT2D eigenvalue weighted by Crippen LogP contribution is -2.13. The number of nitrogens with one attached hydrogen (secondary N) is 1. The van der Waals surface area contributed by atoms with Crippen molar-refractivity contribution in [3.63, 3.8) is 0 Å². The van der Waals surface area contributed by atoms with Gasteiger partial charge in [0.1, 0.15) is 0 Å². The van der Waals surface area contributed by atoms with E-state index in [0.29, 0.717) is 24.0 Å². The van der Waals surface area contributed by atoms with Crippen molar-refractivity contribution < 1.29 is 19.4 Å². The number of rotatable bonds is 7. The summed E-state index contributed by atoms with van der Waals surface area (Å²) in [4.78, 5) is 16.3. The number of benzene rings is 1. The second-order valence-electron chi connectivity index (χ2n) is 5.85. The Kier molecular flexibility index (Phi) is 6.47. The fraction of sp³-hybridized carbons (Fsp3) is 0.333. The molecule has 0 fully saturated rings. The fourth-order valence-corrected chi connectivity index (χ4v) is 2.33. The van der Waals surface area contributed by atoms with Crippen LogP contribution in [0.2, 0.25) is 5.02 Å². The third-order valence-corrected chi connectivity index (χ3v) is 3.73. The second kappa shape index (κ2) is 8.58. The molecule has 0 saturated carbocycles. The summed E-state index contributed by atoms with van der Waals surface area (Å²) in [6, 6.07) is 6.02. The first-order valence-corrected chi connectivity index (χ1v) is 8.25. The molecule has 0 atom stereocenters. The number of ether oxygens (including phenoxy) is 2. The van der Waals surface area contributed by atoms with Crippen molar-refractivity contribution in [2.45, 2.75) is 20.3 Å². The van der Waals surface area contributed by atoms with Gasteiger partial charge in [0.15, 0.2) is 23.1 Å². The third kappa shape index (κ3) is 5.00. The molecule has 6 nitrogen and oxygen atoms in total. The van der Waals surface area contributed by atoms with Gasteiger partial charge in [-0.25, -0.2) is 4.98 Å². The summed E-state index contributed by atoms with van der Waals surface area (Å²) >= 11 is 6.26. The van der Waals surface area contributed by atoms with Gasteiger partial charge in [-0.05, 0) is 36.6 Å². The number of hydrogen-bond acceptors (Lipinski definition) is 5. The van der Waals surface area contributed by atoms with Crippen molar-refractivity contribution in [3.8, 4) is 17.2 Å². The van der Waals surface area contributed by atoms with Crippen LogP contribution in [-0.2, 0) is 0 Å². The Morgan fingerprint density at radius 3 is 2.80 bits per heavy atom. The summed E-state index contributed by atoms with van der Waals surface area (Å²) in [5.74, 6) is 0.750. The number of pyridine rings is 1. The first-order valence-electron chi connectivity index (χ1n) is 7.88. The van der Waals surface area contributed by atoms with Crippen LogP contribution in [0.3, 0.4) is 0 Å². The monoisotopic (exact) mass is 364 g/mol. The molecule has 0 aliphatic carbocycles. The topological polar surface area (TPSA) is 80.7 Å². The van der Waals surface area contributed by atoms with E-state index in [0.717, 1.165) is 6.42 Å². The summed E-state index contributed by atoms with van der Waals surface area (Å²) in [5.41, 5.74) is 0.267. The van der Waals surface area contributed by atoms with E-state index in [1.54, 1.807) is 6.07 Å². The number of methoxy groups -OCH3 is 1. The third-order valence-electron chi connectivity index (χ3n) is 3.45. The molecule has 0 bridgehead atoms. The molecule has 25 heavy (non-hydrogen) atoms. The minimum atomic E-state index is -0.470. The van der Waals surface area contributed by atoms with Crippen LogP contribution >= 0.6 is 11.6 Å². The second-order valence-corrected chi connectivity index (χ2v) is 6.25. The maximum Gasteiger partial charge on any atom is 0.257 e. The van der Waals surface area contributed by atoms with E-state index in [9.17, 15) is 9.90 Å². The molecule has 1 amide bonds. The van der Waals surface area contributed by atoms with Gasteiger partial charge < -0.3 is 19.9 Å². The van der Waals surface area contributed by atoms with Gasteiger partial charge >= 0.3 is 0 Å². The van der Waals surface area contributed by atoms with Crippen LogP contribution in [-0.4, -0.2) is 29.7 Å². The van der Waals surface area contributed by atoms with Crippen LogP contribution < -0.4 is 14.8 Å². The van der Waals surface area contributed by atoms with Gasteiger partial charge in [-0.1, -0.05) is 25.4 Å². The predicted molar refractivity (Wildman–Crippen MR) is 96.8 cm³/mol. The Balaban J connectivity index is 2.20. The van der Waals surface area contributed by atoms with Gasteiger partial charge in [-0.15, -0.1) is 0 Å². The van der Waals surface area contributed by atoms with Gasteiger partial charge in [0, 0.05) is 11.8 Å². The minimum Gasteiger partial charge on any atom is -0.504 e. The van der Waals surface area contributed by atoms with Crippen molar-refractivity contribution in [1.29, 1.82) is 0 Å². The van der Waals surface area contributed by atoms with Crippen molar-refractivity contribution >= 4 is 23.3 Å². The molecule has 134 valence electrons. The van der Waals surface area contributed by atoms with Crippen LogP contribution in [0.4, 0.5) is 5.82 Å². The molecule has 1 aromatic heterocycles. The fourth-order valence-electron chi connectivity index (χ4n) is 2.06. The van der Waals surface area contributed by atoms with Crippen LogP contribution in [0.25, 0.3) is 0 Å². The highest BCUT2D eigenvalue weighted by atomic mass is 35.5. The average Bonchev–Trinajstić information content (AvgIpc) is 2.57. The lowest BCUT2D eigenvalue weighted by atomic mass is 10.1. The highest BCUT2D eigenvalue weighted by molar-refractivity contribution is 6.32. The van der Waals surface area contributed by atoms with E-state index in [1.807, 2.05) is 0 Å². The molecule has 0 aliphatic rings. The van der Waals surface area contributed by atoms with Crippen LogP contribution in [0.15, 0.2) is 30.5 Å². The highest BCUT2D eigenvalue weighted by Gasteiger charge is 2.17. The van der Waals surface area contributed by atoms with Crippen molar-refractivity contribution in [1.82, 2.24) is 4.98 Å². The maximum atomic E-state index is 12.4. The van der Waals surface area contributed by atoms with E-state index in [-0.39, 0.29) is 22.2 Å². The normalized spacial score (nSPS) is 10.6. The van der Waals surface area contributed by atoms with Crippen LogP contribution in [0.1, 0.15) is 30.6 Å². The Bertz CT molecular complexity index is 750. The quantitative estimate of drug-likeness (QED) is 0.772. The number of carbonyl (C=O) groups is 1. The van der Waals surface area contributed by atoms with Gasteiger partial charge in [-0.3, -0.25) is 4.79 Å². The van der Waals surface area contributed by atoms with Crippen molar-refractivity contribution in [2.75, 3.05) is 19.0 Å². The van der Waals surface area contributed by atoms with Gasteiger partial charge in [-0.2, -0.15) is 0 Å². The minimum absolute atomic E-state index is 0.0693. The first-order chi connectivity index (χ1) is 11.9. The Morgan fingerprint density at radius 2 is 2.16 bits per heavy atom. The zero-order chi connectivity index (χ0) is 18.4. The number of halogens is 1. The molecular weight excluding hydrogens is 344 g/mol. The molecule has 1 aromatic carbocycles. The van der Waals surface area contributed by atoms with Crippen LogP contribution in [0, 0.1) is 5.92 Å². The Hall–Kier alpha value is -2.47. The molecule has 2 N–H and O–H groups in total. The van der Waals surface area contributed by atoms with Gasteiger partial charge in [0.2, 0.25) is 0 Å². The number of aromatic nitrogens is 1. The summed E-state index contributed by atoms with van der Waals surface area (Å²) < 4.78 is 11.0. The molecule has 0 spiro atoms. The number of anilines is 1. The number of amides is 1. The van der Waals surface area contributed by atoms with Gasteiger partial charge in [0.05, 0.1) is 18.7 Å². The number of aromatic hydroxyl groups is 1. The Labute approximate surface area is 151 Å². The number of hydrogen-bond donors (Lipinski definition) is 2. The Morgan fingerprint density at radius 1 is 1.40 bits per heavy atom. The predicted octanol–water partition coefficient (Wildman–Crippen LogP) is 4.13. The smallest absolute Gasteiger partial charge is 0.257 e. The molecule has 7 heteroatoms. The van der Waals surface area contributed by atoms with E-state index in [1.165, 1.54) is 31.5 Å². The molecule has 0 saturated heterocycles. The molecule has 2 rings (SSSR count). The zero-order valence-corrected chi connectivity index (χ0v) is 15.1. The molecular formula is C18H21ClN2O4. The largest absolute Gasteiger partial charge is 0.504 e. The van der Waals surface area contributed by atoms with E-state index >= 15 is 0 Å². The molecule has 0 unspecified atom stereocenters. The molecule has 0 radical (unpaired) electrons. The molecule has 1 heterocycles. The summed E-state index contributed by atoms with van der Waals surface area (Å²) in [5, 5.41) is 12.5. The molecule has 0 aliphatic heterocycles. The number of nitrogens with zero attached hydrogens (tertiary/aromatic N) is 1. The van der Waals surface area contributed by atoms with Crippen LogP contribution in [0.5, 0.6) is 17.2 Å². The zero-order valence-electron chi connectivity index (χ0n) is 14.4. The maximum absolute atomic E-state index is 12.4. The van der Waals surface area contributed by atoms with E-state index in [4.69, 9.17) is 21.1 Å². The number of carbonyl (C=O) groups excluding carboxylic acids is 1. The van der Waals surface area contributed by atoms with Crippen molar-refractivity contribution in [3.05, 3.63) is 41.0 Å². The summed E-state index contributed by atoms with van der Waals surface area (Å²) in [6.45, 7) is 4.70.